The Morgan fingerprint density at radius 1 is 1.26 bits per heavy atom. The molecule has 2 N–H and O–H groups in total. The van der Waals surface area contributed by atoms with Crippen LogP contribution in [-0.2, 0) is 16.6 Å². The predicted octanol–water partition coefficient (Wildman–Crippen LogP) is 3.57. The van der Waals surface area contributed by atoms with Gasteiger partial charge in [-0.2, -0.15) is 0 Å². The first kappa shape index (κ1) is 15.0. The molecule has 0 fully saturated rings. The molecule has 0 spiro atoms. The van der Waals surface area contributed by atoms with Crippen molar-refractivity contribution in [1.29, 1.82) is 0 Å². The van der Waals surface area contributed by atoms with Crippen LogP contribution in [0.1, 0.15) is 4.88 Å². The zero-order valence-electron chi connectivity index (χ0n) is 9.43. The molecule has 102 valence electrons. The van der Waals surface area contributed by atoms with Crippen molar-refractivity contribution < 1.29 is 13.5 Å². The predicted molar refractivity (Wildman–Crippen MR) is 82.9 cm³/mol. The van der Waals surface area contributed by atoms with Crippen molar-refractivity contribution in [3.8, 4) is 0 Å². The Kier molecular flexibility index (Phi) is 4.67. The first-order valence-electron chi connectivity index (χ1n) is 5.09. The molecule has 2 rings (SSSR count). The standard InChI is InChI=1S/C11H9Br2NO3S2/c12-7-1-2-8(13)9(5-7)14-19(16,17)11-3-4-18-10(11)6-15/h1-5,14-15H,6H2. The molecule has 0 saturated heterocycles. The van der Waals surface area contributed by atoms with Crippen molar-refractivity contribution in [2.75, 3.05) is 4.72 Å². The van der Waals surface area contributed by atoms with Gasteiger partial charge in [-0.25, -0.2) is 8.42 Å². The number of hydrogen-bond acceptors (Lipinski definition) is 4. The second-order valence-corrected chi connectivity index (χ2v) is 8.02. The molecule has 2 aromatic rings. The maximum Gasteiger partial charge on any atom is 0.263 e. The van der Waals surface area contributed by atoms with E-state index in [1.165, 1.54) is 17.4 Å². The SMILES string of the molecule is O=S(=O)(Nc1cc(Br)ccc1Br)c1ccsc1CO. The molecule has 0 unspecified atom stereocenters. The van der Waals surface area contributed by atoms with Gasteiger partial charge < -0.3 is 5.11 Å². The van der Waals surface area contributed by atoms with E-state index in [0.717, 1.165) is 4.47 Å². The Hall–Kier alpha value is -0.410. The summed E-state index contributed by atoms with van der Waals surface area (Å²) in [6.07, 6.45) is 0. The lowest BCUT2D eigenvalue weighted by Crippen LogP contribution is -2.14. The van der Waals surface area contributed by atoms with Crippen molar-refractivity contribution in [3.05, 3.63) is 43.5 Å². The van der Waals surface area contributed by atoms with E-state index < -0.39 is 10.0 Å². The van der Waals surface area contributed by atoms with Gasteiger partial charge in [0.1, 0.15) is 4.90 Å². The topological polar surface area (TPSA) is 66.4 Å². The van der Waals surface area contributed by atoms with Crippen molar-refractivity contribution in [3.63, 3.8) is 0 Å². The van der Waals surface area contributed by atoms with Crippen molar-refractivity contribution in [1.82, 2.24) is 0 Å². The monoisotopic (exact) mass is 425 g/mol. The molecule has 0 radical (unpaired) electrons. The number of sulfonamides is 1. The molecule has 8 heteroatoms. The quantitative estimate of drug-likeness (QED) is 0.785. The fraction of sp³-hybridized carbons (Fsp3) is 0.0909. The normalized spacial score (nSPS) is 11.5. The minimum absolute atomic E-state index is 0.104. The Morgan fingerprint density at radius 3 is 2.68 bits per heavy atom. The maximum atomic E-state index is 12.3. The number of rotatable bonds is 4. The van der Waals surface area contributed by atoms with E-state index in [0.29, 0.717) is 15.0 Å². The molecule has 1 aromatic carbocycles. The molecule has 0 aliphatic carbocycles. The number of aliphatic hydroxyl groups is 1. The largest absolute Gasteiger partial charge is 0.391 e. The van der Waals surface area contributed by atoms with Crippen LogP contribution >= 0.6 is 43.2 Å². The van der Waals surface area contributed by atoms with Crippen LogP contribution in [0.15, 0.2) is 43.5 Å². The third-order valence-corrected chi connectivity index (χ3v) is 5.98. The average molecular weight is 427 g/mol. The van der Waals surface area contributed by atoms with Gasteiger partial charge in [-0.15, -0.1) is 11.3 Å². The highest BCUT2D eigenvalue weighted by molar-refractivity contribution is 9.11. The van der Waals surface area contributed by atoms with Gasteiger partial charge in [0.15, 0.2) is 0 Å². The van der Waals surface area contributed by atoms with Crippen LogP contribution in [0.2, 0.25) is 0 Å². The Morgan fingerprint density at radius 2 is 2.00 bits per heavy atom. The highest BCUT2D eigenvalue weighted by Crippen LogP contribution is 2.30. The first-order chi connectivity index (χ1) is 8.94. The number of anilines is 1. The van der Waals surface area contributed by atoms with Crippen molar-refractivity contribution >= 4 is 58.9 Å². The van der Waals surface area contributed by atoms with E-state index >= 15 is 0 Å². The van der Waals surface area contributed by atoms with Gasteiger partial charge in [-0.1, -0.05) is 15.9 Å². The van der Waals surface area contributed by atoms with E-state index in [2.05, 4.69) is 36.6 Å². The van der Waals surface area contributed by atoms with Crippen LogP contribution in [0.25, 0.3) is 0 Å². The molecule has 1 heterocycles. The van der Waals surface area contributed by atoms with Gasteiger partial charge in [0.25, 0.3) is 10.0 Å². The van der Waals surface area contributed by atoms with E-state index in [9.17, 15) is 8.42 Å². The van der Waals surface area contributed by atoms with Crippen LogP contribution in [0.4, 0.5) is 5.69 Å². The number of nitrogens with one attached hydrogen (secondary N) is 1. The van der Waals surface area contributed by atoms with Crippen LogP contribution in [-0.4, -0.2) is 13.5 Å². The van der Waals surface area contributed by atoms with E-state index in [1.807, 2.05) is 0 Å². The Bertz CT molecular complexity index is 698. The number of hydrogen-bond donors (Lipinski definition) is 2. The molecule has 0 aliphatic rings. The van der Waals surface area contributed by atoms with Gasteiger partial charge >= 0.3 is 0 Å². The third-order valence-electron chi connectivity index (χ3n) is 2.31. The Labute approximate surface area is 131 Å². The van der Waals surface area contributed by atoms with Gasteiger partial charge in [-0.05, 0) is 45.6 Å². The summed E-state index contributed by atoms with van der Waals surface area (Å²) in [4.78, 5) is 0.519. The molecule has 1 aromatic heterocycles. The lowest BCUT2D eigenvalue weighted by Gasteiger charge is -2.10. The van der Waals surface area contributed by atoms with Crippen LogP contribution in [0.5, 0.6) is 0 Å². The molecule has 0 atom stereocenters. The summed E-state index contributed by atoms with van der Waals surface area (Å²) in [5, 5.41) is 10.8. The smallest absolute Gasteiger partial charge is 0.263 e. The zero-order valence-corrected chi connectivity index (χ0v) is 14.2. The summed E-state index contributed by atoms with van der Waals surface area (Å²) >= 11 is 7.78. The summed E-state index contributed by atoms with van der Waals surface area (Å²) in [7, 11) is -3.70. The molecular formula is C11H9Br2NO3S2. The summed E-state index contributed by atoms with van der Waals surface area (Å²) in [5.74, 6) is 0. The summed E-state index contributed by atoms with van der Waals surface area (Å²) in [5.41, 5.74) is 0.435. The van der Waals surface area contributed by atoms with Gasteiger partial charge in [0.05, 0.1) is 17.2 Å². The van der Waals surface area contributed by atoms with E-state index in [4.69, 9.17) is 5.11 Å². The molecule has 0 bridgehead atoms. The highest BCUT2D eigenvalue weighted by atomic mass is 79.9. The van der Waals surface area contributed by atoms with Crippen LogP contribution < -0.4 is 4.72 Å². The van der Waals surface area contributed by atoms with Crippen molar-refractivity contribution in [2.45, 2.75) is 11.5 Å². The molecule has 0 aliphatic heterocycles. The Balaban J connectivity index is 2.39. The first-order valence-corrected chi connectivity index (χ1v) is 9.04. The van der Waals surface area contributed by atoms with E-state index in [1.54, 1.807) is 23.6 Å². The maximum absolute atomic E-state index is 12.3. The number of benzene rings is 1. The minimum atomic E-state index is -3.70. The summed E-state index contributed by atoms with van der Waals surface area (Å²) in [6, 6.07) is 6.67. The second kappa shape index (κ2) is 5.92. The summed E-state index contributed by atoms with van der Waals surface area (Å²) in [6.45, 7) is -0.298. The molecular weight excluding hydrogens is 418 g/mol. The van der Waals surface area contributed by atoms with Gasteiger partial charge in [0, 0.05) is 8.95 Å². The number of thiophene rings is 1. The van der Waals surface area contributed by atoms with Crippen LogP contribution in [0.3, 0.4) is 0 Å². The number of aliphatic hydroxyl groups excluding tert-OH is 1. The minimum Gasteiger partial charge on any atom is -0.391 e. The van der Waals surface area contributed by atoms with E-state index in [-0.39, 0.29) is 11.5 Å². The van der Waals surface area contributed by atoms with Crippen LogP contribution in [0, 0.1) is 0 Å². The molecule has 0 amide bonds. The molecule has 0 saturated carbocycles. The zero-order chi connectivity index (χ0) is 14.0. The second-order valence-electron chi connectivity index (χ2n) is 3.60. The average Bonchev–Trinajstić information content (AvgIpc) is 2.82. The number of halogens is 2. The third kappa shape index (κ3) is 3.38. The van der Waals surface area contributed by atoms with Crippen molar-refractivity contribution in [2.24, 2.45) is 0 Å². The lowest BCUT2D eigenvalue weighted by atomic mass is 10.3. The fourth-order valence-corrected chi connectivity index (χ4v) is 4.66. The highest BCUT2D eigenvalue weighted by Gasteiger charge is 2.20. The van der Waals surface area contributed by atoms with Gasteiger partial charge in [-0.3, -0.25) is 4.72 Å². The summed E-state index contributed by atoms with van der Waals surface area (Å²) < 4.78 is 28.4. The van der Waals surface area contributed by atoms with Gasteiger partial charge in [0.2, 0.25) is 0 Å². The fourth-order valence-electron chi connectivity index (χ4n) is 1.46. The lowest BCUT2D eigenvalue weighted by molar-refractivity contribution is 0.282. The molecule has 19 heavy (non-hydrogen) atoms. The molecule has 4 nitrogen and oxygen atoms in total.